The van der Waals surface area contributed by atoms with Crippen LogP contribution >= 0.6 is 0 Å². The van der Waals surface area contributed by atoms with Crippen molar-refractivity contribution < 1.29 is 18.8 Å². The molecule has 3 fully saturated rings. The van der Waals surface area contributed by atoms with Crippen LogP contribution in [0.25, 0.3) is 10.9 Å². The number of furan rings is 1. The number of nitrogens with zero attached hydrogens (tertiary/aromatic N) is 1. The molecule has 0 amide bonds. The molecular formula is C24H25N2O3+. The minimum atomic E-state index is -0.414. The topological polar surface area (TPSA) is 56.8 Å². The predicted molar refractivity (Wildman–Crippen MR) is 110 cm³/mol. The van der Waals surface area contributed by atoms with Crippen LogP contribution in [0, 0.1) is 11.8 Å². The van der Waals surface area contributed by atoms with E-state index in [1.807, 2.05) is 30.5 Å². The van der Waals surface area contributed by atoms with Crippen LogP contribution in [0.1, 0.15) is 35.1 Å². The van der Waals surface area contributed by atoms with Gasteiger partial charge in [0.25, 0.3) is 0 Å². The molecule has 1 aromatic carbocycles. The number of para-hydroxylation sites is 1. The van der Waals surface area contributed by atoms with Crippen molar-refractivity contribution >= 4 is 16.9 Å². The number of carbonyl (C=O) groups excluding carboxylic acids is 1. The first-order valence-electron chi connectivity index (χ1n) is 10.3. The van der Waals surface area contributed by atoms with Crippen molar-refractivity contribution in [3.05, 3.63) is 78.9 Å². The summed E-state index contributed by atoms with van der Waals surface area (Å²) in [6, 6.07) is 13.6. The van der Waals surface area contributed by atoms with Gasteiger partial charge in [0.15, 0.2) is 6.10 Å². The molecule has 5 nitrogen and oxygen atoms in total. The minimum Gasteiger partial charge on any atom is -0.457 e. The number of pyridine rings is 1. The van der Waals surface area contributed by atoms with Gasteiger partial charge in [-0.05, 0) is 30.2 Å². The number of esters is 1. The van der Waals surface area contributed by atoms with Gasteiger partial charge in [-0.3, -0.25) is 4.98 Å². The molecule has 5 unspecified atom stereocenters. The molecular weight excluding hydrogens is 364 g/mol. The zero-order chi connectivity index (χ0) is 19.8. The van der Waals surface area contributed by atoms with E-state index in [2.05, 4.69) is 23.7 Å². The van der Waals surface area contributed by atoms with Gasteiger partial charge in [0, 0.05) is 35.9 Å². The van der Waals surface area contributed by atoms with Crippen molar-refractivity contribution in [3.63, 3.8) is 0 Å². The average Bonchev–Trinajstić information content (AvgIpc) is 3.32. The molecule has 0 aliphatic carbocycles. The summed E-state index contributed by atoms with van der Waals surface area (Å²) in [5.74, 6) is 0.977. The number of hydrogen-bond donors (Lipinski definition) is 1. The van der Waals surface area contributed by atoms with Crippen LogP contribution in [0.2, 0.25) is 0 Å². The van der Waals surface area contributed by atoms with Gasteiger partial charge in [-0.1, -0.05) is 24.3 Å². The highest BCUT2D eigenvalue weighted by Crippen LogP contribution is 2.36. The maximum absolute atomic E-state index is 12.8. The average molecular weight is 389 g/mol. The van der Waals surface area contributed by atoms with Crippen LogP contribution in [0.3, 0.4) is 0 Å². The van der Waals surface area contributed by atoms with Crippen molar-refractivity contribution in [1.29, 1.82) is 0 Å². The maximum Gasteiger partial charge on any atom is 0.375 e. The lowest BCUT2D eigenvalue weighted by atomic mass is 9.73. The first-order valence-corrected chi connectivity index (χ1v) is 10.3. The molecule has 0 radical (unpaired) electrons. The number of piperidine rings is 3. The summed E-state index contributed by atoms with van der Waals surface area (Å²) in [6.07, 6.45) is 7.30. The van der Waals surface area contributed by atoms with Gasteiger partial charge < -0.3 is 14.1 Å². The fraction of sp³-hybridized carbons (Fsp3) is 0.333. The molecule has 29 heavy (non-hydrogen) atoms. The number of nitrogens with one attached hydrogen (secondary N) is 1. The van der Waals surface area contributed by atoms with Crippen molar-refractivity contribution in [1.82, 2.24) is 4.98 Å². The zero-order valence-corrected chi connectivity index (χ0v) is 16.3. The second kappa shape index (κ2) is 7.48. The Morgan fingerprint density at radius 2 is 2.17 bits per heavy atom. The Bertz CT molecular complexity index is 1020. The molecule has 3 aromatic rings. The van der Waals surface area contributed by atoms with Crippen molar-refractivity contribution in [2.45, 2.75) is 25.0 Å². The van der Waals surface area contributed by atoms with Crippen LogP contribution in [-0.4, -0.2) is 30.1 Å². The number of quaternary nitrogens is 1. The van der Waals surface area contributed by atoms with Crippen LogP contribution in [0.5, 0.6) is 0 Å². The molecule has 2 aromatic heterocycles. The summed E-state index contributed by atoms with van der Waals surface area (Å²) < 4.78 is 11.4. The fourth-order valence-electron chi connectivity index (χ4n) is 5.19. The number of aromatic nitrogens is 1. The van der Waals surface area contributed by atoms with Crippen molar-refractivity contribution in [2.75, 3.05) is 13.1 Å². The van der Waals surface area contributed by atoms with E-state index in [4.69, 9.17) is 9.15 Å². The molecule has 3 aliphatic rings. The summed E-state index contributed by atoms with van der Waals surface area (Å²) in [4.78, 5) is 18.8. The van der Waals surface area contributed by atoms with E-state index in [0.717, 1.165) is 36.0 Å². The Hall–Kier alpha value is -2.92. The molecule has 2 bridgehead atoms. The van der Waals surface area contributed by atoms with Gasteiger partial charge >= 0.3 is 5.97 Å². The van der Waals surface area contributed by atoms with E-state index in [9.17, 15) is 4.79 Å². The van der Waals surface area contributed by atoms with Gasteiger partial charge in [0.1, 0.15) is 6.04 Å². The molecule has 0 saturated carbocycles. The van der Waals surface area contributed by atoms with E-state index >= 15 is 0 Å². The summed E-state index contributed by atoms with van der Waals surface area (Å²) >= 11 is 0. The normalized spacial score (nSPS) is 26.9. The molecule has 0 spiro atoms. The Balaban J connectivity index is 1.55. The molecule has 3 aliphatic heterocycles. The smallest absolute Gasteiger partial charge is 0.375 e. The Labute approximate surface area is 170 Å². The van der Waals surface area contributed by atoms with Gasteiger partial charge in [-0.25, -0.2) is 4.79 Å². The Kier molecular flexibility index (Phi) is 4.68. The van der Waals surface area contributed by atoms with E-state index in [1.54, 1.807) is 12.1 Å². The molecule has 3 saturated heterocycles. The summed E-state index contributed by atoms with van der Waals surface area (Å²) in [5, 5.41) is 1.04. The molecule has 1 N–H and O–H groups in total. The highest BCUT2D eigenvalue weighted by Gasteiger charge is 2.47. The summed E-state index contributed by atoms with van der Waals surface area (Å²) in [5.41, 5.74) is 1.94. The lowest BCUT2D eigenvalue weighted by Crippen LogP contribution is -3.20. The van der Waals surface area contributed by atoms with E-state index in [-0.39, 0.29) is 17.9 Å². The molecule has 6 rings (SSSR count). The Morgan fingerprint density at radius 1 is 1.28 bits per heavy atom. The van der Waals surface area contributed by atoms with Gasteiger partial charge in [-0.15, -0.1) is 6.58 Å². The van der Waals surface area contributed by atoms with Crippen molar-refractivity contribution in [2.24, 2.45) is 11.8 Å². The van der Waals surface area contributed by atoms with E-state index in [1.165, 1.54) is 17.6 Å². The third-order valence-corrected chi connectivity index (χ3v) is 6.63. The van der Waals surface area contributed by atoms with Gasteiger partial charge in [0.2, 0.25) is 5.76 Å². The molecule has 5 heterocycles. The highest BCUT2D eigenvalue weighted by molar-refractivity contribution is 5.87. The van der Waals surface area contributed by atoms with Gasteiger partial charge in [0.05, 0.1) is 24.9 Å². The zero-order valence-electron chi connectivity index (χ0n) is 16.3. The minimum absolute atomic E-state index is 0.217. The molecule has 5 heteroatoms. The lowest BCUT2D eigenvalue weighted by Gasteiger charge is -2.48. The first-order chi connectivity index (χ1) is 14.2. The number of carbonyl (C=O) groups is 1. The first kappa shape index (κ1) is 18.1. The second-order valence-corrected chi connectivity index (χ2v) is 8.12. The van der Waals surface area contributed by atoms with E-state index < -0.39 is 5.97 Å². The van der Waals surface area contributed by atoms with Gasteiger partial charge in [-0.2, -0.15) is 0 Å². The van der Waals surface area contributed by atoms with Crippen LogP contribution in [0.4, 0.5) is 0 Å². The third-order valence-electron chi connectivity index (χ3n) is 6.63. The predicted octanol–water partition coefficient (Wildman–Crippen LogP) is 3.21. The number of rotatable bonds is 5. The van der Waals surface area contributed by atoms with Crippen LogP contribution in [0.15, 0.2) is 72.0 Å². The largest absolute Gasteiger partial charge is 0.457 e. The number of benzene rings is 1. The Morgan fingerprint density at radius 3 is 2.93 bits per heavy atom. The number of hydrogen-bond acceptors (Lipinski definition) is 4. The third kappa shape index (κ3) is 3.25. The van der Waals surface area contributed by atoms with Crippen LogP contribution < -0.4 is 4.90 Å². The molecule has 5 atom stereocenters. The molecule has 148 valence electrons. The summed E-state index contributed by atoms with van der Waals surface area (Å²) in [6.45, 7) is 6.20. The lowest BCUT2D eigenvalue weighted by molar-refractivity contribution is -0.949. The van der Waals surface area contributed by atoms with Crippen LogP contribution in [-0.2, 0) is 4.74 Å². The number of fused-ring (bicyclic) bond motifs is 4. The standard InChI is InChI=1S/C24H24N2O3/c1-2-16-15-26-12-10-17(16)14-21(26)23(29-24(27)22-8-5-13-28-22)19-9-11-25-20-7-4-3-6-18(19)20/h2-9,11,13,16-17,21,23H,1,10,12,14-15H2/p+1. The van der Waals surface area contributed by atoms with Crippen molar-refractivity contribution in [3.8, 4) is 0 Å². The monoisotopic (exact) mass is 389 g/mol. The maximum atomic E-state index is 12.8. The summed E-state index contributed by atoms with van der Waals surface area (Å²) in [7, 11) is 0. The SMILES string of the molecule is C=CC1C[NH+]2CCC1CC2C(OC(=O)c1ccco1)c1ccnc2ccccc12. The number of ether oxygens (including phenoxy) is 1. The highest BCUT2D eigenvalue weighted by atomic mass is 16.6. The second-order valence-electron chi connectivity index (χ2n) is 8.12. The fourth-order valence-corrected chi connectivity index (χ4v) is 5.19. The quantitative estimate of drug-likeness (QED) is 0.538. The van der Waals surface area contributed by atoms with E-state index in [0.29, 0.717) is 11.8 Å².